The van der Waals surface area contributed by atoms with Crippen LogP contribution in [-0.2, 0) is 6.18 Å². The van der Waals surface area contributed by atoms with Crippen molar-refractivity contribution in [1.82, 2.24) is 14.8 Å². The smallest absolute Gasteiger partial charge is 0.433 e. The lowest BCUT2D eigenvalue weighted by atomic mass is 10.2. The van der Waals surface area contributed by atoms with Crippen LogP contribution in [0, 0.1) is 0 Å². The molecule has 8 heteroatoms. The third-order valence-corrected chi connectivity index (χ3v) is 4.95. The second kappa shape index (κ2) is 7.56. The minimum Gasteiger partial charge on any atom is -0.507 e. The third-order valence-electron chi connectivity index (χ3n) is 4.13. The first-order chi connectivity index (χ1) is 13.9. The van der Waals surface area contributed by atoms with Crippen LogP contribution in [0.5, 0.6) is 5.75 Å². The van der Waals surface area contributed by atoms with Crippen LogP contribution < -0.4 is 0 Å². The van der Waals surface area contributed by atoms with Gasteiger partial charge in [-0.05, 0) is 24.3 Å². The van der Waals surface area contributed by atoms with Gasteiger partial charge in [0.1, 0.15) is 5.75 Å². The van der Waals surface area contributed by atoms with Crippen molar-refractivity contribution < 1.29 is 18.3 Å². The summed E-state index contributed by atoms with van der Waals surface area (Å²) in [4.78, 5) is 4.33. The Labute approximate surface area is 168 Å². The van der Waals surface area contributed by atoms with Crippen molar-refractivity contribution in [3.8, 4) is 22.1 Å². The molecule has 2 aromatic heterocycles. The van der Waals surface area contributed by atoms with Crippen LogP contribution in [0.1, 0.15) is 17.0 Å². The Morgan fingerprint density at radius 3 is 2.41 bits per heavy atom. The summed E-state index contributed by atoms with van der Waals surface area (Å²) in [5.74, 6) is 0.0339. The highest BCUT2D eigenvalue weighted by molar-refractivity contribution is 7.12. The topological polar surface area (TPSA) is 50.9 Å². The number of hydrogen-bond acceptors (Lipinski definition) is 4. The van der Waals surface area contributed by atoms with Crippen LogP contribution in [0.3, 0.4) is 0 Å². The Morgan fingerprint density at radius 2 is 1.69 bits per heavy atom. The predicted octanol–water partition coefficient (Wildman–Crippen LogP) is 5.89. The standard InChI is InChI=1S/C21H14F3N3OS/c22-21(23,24)19-12-16(11-10-15-8-4-5-9-18(15)28)26-27(19)20-25-17(13-29-20)14-6-2-1-3-7-14/h1-13,28H/b11-10+. The molecule has 2 aromatic carbocycles. The quantitative estimate of drug-likeness (QED) is 0.454. The largest absolute Gasteiger partial charge is 0.507 e. The number of aromatic hydroxyl groups is 1. The number of aromatic nitrogens is 3. The lowest BCUT2D eigenvalue weighted by Gasteiger charge is -2.07. The predicted molar refractivity (Wildman–Crippen MR) is 107 cm³/mol. The van der Waals surface area contributed by atoms with Gasteiger partial charge < -0.3 is 5.11 Å². The van der Waals surface area contributed by atoms with Gasteiger partial charge in [0.2, 0.25) is 5.13 Å². The van der Waals surface area contributed by atoms with E-state index in [1.807, 2.05) is 30.3 Å². The fourth-order valence-corrected chi connectivity index (χ4v) is 3.53. The molecule has 0 aliphatic heterocycles. The Kier molecular flexibility index (Phi) is 4.94. The molecule has 0 unspecified atom stereocenters. The fourth-order valence-electron chi connectivity index (χ4n) is 2.74. The van der Waals surface area contributed by atoms with Gasteiger partial charge in [0.25, 0.3) is 0 Å². The molecule has 29 heavy (non-hydrogen) atoms. The molecule has 4 nitrogen and oxygen atoms in total. The summed E-state index contributed by atoms with van der Waals surface area (Å²) < 4.78 is 41.5. The number of alkyl halides is 3. The third kappa shape index (κ3) is 4.07. The van der Waals surface area contributed by atoms with Crippen molar-refractivity contribution in [2.45, 2.75) is 6.18 Å². The van der Waals surface area contributed by atoms with Crippen molar-refractivity contribution >= 4 is 23.5 Å². The van der Waals surface area contributed by atoms with E-state index in [4.69, 9.17) is 0 Å². The highest BCUT2D eigenvalue weighted by Gasteiger charge is 2.36. The summed E-state index contributed by atoms with van der Waals surface area (Å²) in [6.45, 7) is 0. The Bertz CT molecular complexity index is 1160. The molecule has 146 valence electrons. The molecule has 0 saturated carbocycles. The van der Waals surface area contributed by atoms with Crippen LogP contribution >= 0.6 is 11.3 Å². The molecular formula is C21H14F3N3OS. The second-order valence-electron chi connectivity index (χ2n) is 6.14. The van der Waals surface area contributed by atoms with Gasteiger partial charge in [0.15, 0.2) is 5.69 Å². The van der Waals surface area contributed by atoms with Gasteiger partial charge in [0.05, 0.1) is 11.4 Å². The van der Waals surface area contributed by atoms with Crippen molar-refractivity contribution in [2.75, 3.05) is 0 Å². The number of halogens is 3. The maximum absolute atomic E-state index is 13.6. The van der Waals surface area contributed by atoms with Crippen molar-refractivity contribution in [1.29, 1.82) is 0 Å². The molecule has 4 rings (SSSR count). The van der Waals surface area contributed by atoms with Gasteiger partial charge in [-0.15, -0.1) is 11.3 Å². The summed E-state index contributed by atoms with van der Waals surface area (Å²) in [6, 6.07) is 16.7. The van der Waals surface area contributed by atoms with Crippen molar-refractivity contribution in [3.63, 3.8) is 0 Å². The monoisotopic (exact) mass is 413 g/mol. The summed E-state index contributed by atoms with van der Waals surface area (Å²) in [6.07, 6.45) is -1.65. The van der Waals surface area contributed by atoms with E-state index in [0.717, 1.165) is 27.6 Å². The van der Waals surface area contributed by atoms with Gasteiger partial charge in [0, 0.05) is 16.5 Å². The zero-order valence-electron chi connectivity index (χ0n) is 14.8. The maximum Gasteiger partial charge on any atom is 0.433 e. The molecule has 0 aliphatic carbocycles. The number of benzene rings is 2. The summed E-state index contributed by atoms with van der Waals surface area (Å²) >= 11 is 1.08. The molecule has 4 aromatic rings. The summed E-state index contributed by atoms with van der Waals surface area (Å²) in [5, 5.41) is 15.7. The molecule has 0 fully saturated rings. The zero-order valence-corrected chi connectivity index (χ0v) is 15.7. The minimum absolute atomic E-state index is 0.0339. The van der Waals surface area contributed by atoms with Gasteiger partial charge in [-0.1, -0.05) is 48.5 Å². The molecule has 1 N–H and O–H groups in total. The minimum atomic E-state index is -4.59. The summed E-state index contributed by atoms with van der Waals surface area (Å²) in [7, 11) is 0. The molecule has 0 saturated heterocycles. The van der Waals surface area contributed by atoms with Crippen LogP contribution in [0.25, 0.3) is 28.5 Å². The Hall–Kier alpha value is -3.39. The van der Waals surface area contributed by atoms with E-state index in [1.165, 1.54) is 18.2 Å². The van der Waals surface area contributed by atoms with E-state index in [0.29, 0.717) is 11.3 Å². The van der Waals surface area contributed by atoms with Crippen molar-refractivity contribution in [3.05, 3.63) is 83.0 Å². The second-order valence-corrected chi connectivity index (χ2v) is 6.97. The lowest BCUT2D eigenvalue weighted by molar-refractivity contribution is -0.142. The first-order valence-corrected chi connectivity index (χ1v) is 9.44. The first-order valence-electron chi connectivity index (χ1n) is 8.56. The summed E-state index contributed by atoms with van der Waals surface area (Å²) in [5.41, 5.74) is 1.08. The Balaban J connectivity index is 1.72. The van der Waals surface area contributed by atoms with Gasteiger partial charge in [-0.2, -0.15) is 18.3 Å². The first kappa shape index (κ1) is 18.9. The number of rotatable bonds is 4. The van der Waals surface area contributed by atoms with Crippen LogP contribution in [-0.4, -0.2) is 19.9 Å². The zero-order chi connectivity index (χ0) is 20.4. The van der Waals surface area contributed by atoms with E-state index in [1.54, 1.807) is 23.6 Å². The lowest BCUT2D eigenvalue weighted by Crippen LogP contribution is -2.13. The molecule has 0 atom stereocenters. The normalized spacial score (nSPS) is 12.0. The molecule has 0 aliphatic rings. The van der Waals surface area contributed by atoms with Gasteiger partial charge >= 0.3 is 6.18 Å². The van der Waals surface area contributed by atoms with Crippen LogP contribution in [0.2, 0.25) is 0 Å². The average molecular weight is 413 g/mol. The molecule has 0 spiro atoms. The molecule has 0 bridgehead atoms. The van der Waals surface area contributed by atoms with Crippen LogP contribution in [0.15, 0.2) is 66.0 Å². The number of thiazole rings is 1. The molecule has 0 radical (unpaired) electrons. The van der Waals surface area contributed by atoms with E-state index < -0.39 is 11.9 Å². The van der Waals surface area contributed by atoms with E-state index in [9.17, 15) is 18.3 Å². The average Bonchev–Trinajstić information content (AvgIpc) is 3.35. The number of hydrogen-bond donors (Lipinski definition) is 1. The molecule has 0 amide bonds. The Morgan fingerprint density at radius 1 is 0.966 bits per heavy atom. The number of phenolic OH excluding ortho intramolecular Hbond substituents is 1. The highest BCUT2D eigenvalue weighted by Crippen LogP contribution is 2.34. The van der Waals surface area contributed by atoms with Crippen LogP contribution in [0.4, 0.5) is 13.2 Å². The van der Waals surface area contributed by atoms with Crippen molar-refractivity contribution in [2.24, 2.45) is 0 Å². The van der Waals surface area contributed by atoms with Gasteiger partial charge in [-0.3, -0.25) is 0 Å². The molecular weight excluding hydrogens is 399 g/mol. The fraction of sp³-hybridized carbons (Fsp3) is 0.0476. The maximum atomic E-state index is 13.6. The SMILES string of the molecule is Oc1ccccc1/C=C/c1cc(C(F)(F)F)n(-c2nc(-c3ccccc3)cs2)n1. The van der Waals surface area contributed by atoms with E-state index in [2.05, 4.69) is 10.1 Å². The highest BCUT2D eigenvalue weighted by atomic mass is 32.1. The molecule has 2 heterocycles. The van der Waals surface area contributed by atoms with Gasteiger partial charge in [-0.25, -0.2) is 9.67 Å². The van der Waals surface area contributed by atoms with E-state index >= 15 is 0 Å². The van der Waals surface area contributed by atoms with E-state index in [-0.39, 0.29) is 16.6 Å². The number of phenols is 1. The number of para-hydroxylation sites is 1. The number of nitrogens with zero attached hydrogens (tertiary/aromatic N) is 3.